The van der Waals surface area contributed by atoms with Gasteiger partial charge >= 0.3 is 0 Å². The molecule has 0 amide bonds. The Kier molecular flexibility index (Phi) is 7.10. The predicted molar refractivity (Wildman–Crippen MR) is 68.9 cm³/mol. The molecule has 0 aliphatic rings. The van der Waals surface area contributed by atoms with E-state index in [0.717, 1.165) is 5.56 Å². The van der Waals surface area contributed by atoms with E-state index in [-0.39, 0.29) is 6.79 Å². The Balaban J connectivity index is 2.20. The van der Waals surface area contributed by atoms with E-state index >= 15 is 0 Å². The topological polar surface area (TPSA) is 47.9 Å². The molecule has 4 heteroatoms. The van der Waals surface area contributed by atoms with E-state index < -0.39 is 6.10 Å². The fraction of sp³-hybridized carbons (Fsp3) is 0.429. The summed E-state index contributed by atoms with van der Waals surface area (Å²) in [5, 5.41) is 9.93. The first kappa shape index (κ1) is 14.7. The van der Waals surface area contributed by atoms with E-state index in [0.29, 0.717) is 25.4 Å². The fourth-order valence-electron chi connectivity index (χ4n) is 1.39. The molecule has 0 bridgehead atoms. The minimum absolute atomic E-state index is 0.129. The number of benzene rings is 1. The minimum atomic E-state index is -0.599. The molecule has 0 heterocycles. The van der Waals surface area contributed by atoms with Crippen LogP contribution in [0.2, 0.25) is 0 Å². The Labute approximate surface area is 108 Å². The van der Waals surface area contributed by atoms with Crippen molar-refractivity contribution in [2.45, 2.75) is 12.5 Å². The second-order valence-electron chi connectivity index (χ2n) is 3.83. The largest absolute Gasteiger partial charge is 0.472 e. The quantitative estimate of drug-likeness (QED) is 0.416. The average molecular weight is 252 g/mol. The average Bonchev–Trinajstić information content (AvgIpc) is 2.39. The summed E-state index contributed by atoms with van der Waals surface area (Å²) in [6.45, 7) is 4.88. The van der Waals surface area contributed by atoms with Crippen molar-refractivity contribution in [3.8, 4) is 0 Å². The highest BCUT2D eigenvalue weighted by Gasteiger charge is 2.09. The van der Waals surface area contributed by atoms with Gasteiger partial charge in [0.1, 0.15) is 0 Å². The lowest BCUT2D eigenvalue weighted by molar-refractivity contribution is -0.0446. The summed E-state index contributed by atoms with van der Waals surface area (Å²) in [5.41, 5.74) is 0.850. The number of methoxy groups -OCH3 is 1. The molecular formula is C14H20O4. The van der Waals surface area contributed by atoms with Crippen LogP contribution in [0.1, 0.15) is 18.1 Å². The number of ether oxygens (including phenoxy) is 3. The molecule has 0 radical (unpaired) electrons. The van der Waals surface area contributed by atoms with Crippen LogP contribution >= 0.6 is 0 Å². The smallest absolute Gasteiger partial charge is 0.188 e. The van der Waals surface area contributed by atoms with Gasteiger partial charge in [0.25, 0.3) is 0 Å². The molecule has 0 saturated carbocycles. The van der Waals surface area contributed by atoms with Crippen LogP contribution in [0.3, 0.4) is 0 Å². The molecule has 1 rings (SSSR count). The second-order valence-corrected chi connectivity index (χ2v) is 3.83. The normalized spacial score (nSPS) is 12.1. The van der Waals surface area contributed by atoms with Crippen LogP contribution in [0.5, 0.6) is 0 Å². The highest BCUT2D eigenvalue weighted by atomic mass is 16.7. The molecule has 1 aromatic rings. The van der Waals surface area contributed by atoms with Gasteiger partial charge in [-0.05, 0) is 5.56 Å². The summed E-state index contributed by atoms with van der Waals surface area (Å²) in [6, 6.07) is 9.41. The number of hydrogen-bond donors (Lipinski definition) is 1. The van der Waals surface area contributed by atoms with Crippen molar-refractivity contribution >= 4 is 0 Å². The maximum Gasteiger partial charge on any atom is 0.188 e. The maximum absolute atomic E-state index is 9.93. The minimum Gasteiger partial charge on any atom is -0.472 e. The molecule has 0 saturated heterocycles. The highest BCUT2D eigenvalue weighted by molar-refractivity contribution is 5.18. The molecule has 0 fully saturated rings. The van der Waals surface area contributed by atoms with Gasteiger partial charge in [0.05, 0.1) is 25.1 Å². The van der Waals surface area contributed by atoms with E-state index in [1.54, 1.807) is 7.11 Å². The number of aliphatic hydroxyl groups excluding tert-OH is 1. The zero-order chi connectivity index (χ0) is 13.2. The van der Waals surface area contributed by atoms with Gasteiger partial charge in [-0.2, -0.15) is 0 Å². The fourth-order valence-corrected chi connectivity index (χ4v) is 1.39. The Bertz CT molecular complexity index is 337. The van der Waals surface area contributed by atoms with Crippen molar-refractivity contribution < 1.29 is 19.3 Å². The first-order valence-electron chi connectivity index (χ1n) is 5.84. The van der Waals surface area contributed by atoms with E-state index in [1.807, 2.05) is 30.3 Å². The summed E-state index contributed by atoms with van der Waals surface area (Å²) in [7, 11) is 1.61. The van der Waals surface area contributed by atoms with Crippen LogP contribution in [0.25, 0.3) is 0 Å². The van der Waals surface area contributed by atoms with E-state index in [2.05, 4.69) is 6.58 Å². The van der Waals surface area contributed by atoms with Crippen LogP contribution in [-0.2, 0) is 14.2 Å². The van der Waals surface area contributed by atoms with Gasteiger partial charge in [-0.15, -0.1) is 0 Å². The molecule has 1 N–H and O–H groups in total. The first-order chi connectivity index (χ1) is 8.74. The molecule has 0 aromatic heterocycles. The molecule has 0 aliphatic carbocycles. The Hall–Kier alpha value is -1.36. The lowest BCUT2D eigenvalue weighted by atomic mass is 10.1. The van der Waals surface area contributed by atoms with Gasteiger partial charge in [0, 0.05) is 13.5 Å². The van der Waals surface area contributed by atoms with Crippen molar-refractivity contribution in [3.05, 3.63) is 48.2 Å². The van der Waals surface area contributed by atoms with Crippen LogP contribution < -0.4 is 0 Å². The van der Waals surface area contributed by atoms with Gasteiger partial charge in [-0.3, -0.25) is 0 Å². The number of hydrogen-bond acceptors (Lipinski definition) is 4. The van der Waals surface area contributed by atoms with Crippen molar-refractivity contribution in [2.24, 2.45) is 0 Å². The van der Waals surface area contributed by atoms with E-state index in [9.17, 15) is 5.11 Å². The lowest BCUT2D eigenvalue weighted by Gasteiger charge is -2.14. The van der Waals surface area contributed by atoms with Crippen molar-refractivity contribution in [1.82, 2.24) is 0 Å². The van der Waals surface area contributed by atoms with Crippen LogP contribution in [0.4, 0.5) is 0 Å². The third-order valence-electron chi connectivity index (χ3n) is 2.38. The Morgan fingerprint density at radius 3 is 2.67 bits per heavy atom. The van der Waals surface area contributed by atoms with E-state index in [1.165, 1.54) is 0 Å². The zero-order valence-corrected chi connectivity index (χ0v) is 10.7. The van der Waals surface area contributed by atoms with Crippen molar-refractivity contribution in [3.63, 3.8) is 0 Å². The molecule has 1 aromatic carbocycles. The standard InChI is InChI=1S/C14H20O4/c1-12(18-11-17-9-8-16-2)10-14(15)13-6-4-3-5-7-13/h3-7,14-15H,1,8-11H2,2H3. The first-order valence-corrected chi connectivity index (χ1v) is 5.84. The summed E-state index contributed by atoms with van der Waals surface area (Å²) in [4.78, 5) is 0. The van der Waals surface area contributed by atoms with Crippen molar-refractivity contribution in [2.75, 3.05) is 27.1 Å². The predicted octanol–water partition coefficient (Wildman–Crippen LogP) is 2.26. The molecular weight excluding hydrogens is 232 g/mol. The molecule has 1 unspecified atom stereocenters. The number of aliphatic hydroxyl groups is 1. The van der Waals surface area contributed by atoms with Gasteiger partial charge in [-0.25, -0.2) is 0 Å². The molecule has 18 heavy (non-hydrogen) atoms. The lowest BCUT2D eigenvalue weighted by Crippen LogP contribution is -2.07. The molecule has 4 nitrogen and oxygen atoms in total. The summed E-state index contributed by atoms with van der Waals surface area (Å²) in [5.74, 6) is 0.503. The highest BCUT2D eigenvalue weighted by Crippen LogP contribution is 2.20. The molecule has 0 aliphatic heterocycles. The molecule has 0 spiro atoms. The van der Waals surface area contributed by atoms with Crippen LogP contribution in [0.15, 0.2) is 42.7 Å². The Morgan fingerprint density at radius 1 is 1.28 bits per heavy atom. The third kappa shape index (κ3) is 5.82. The maximum atomic E-state index is 9.93. The zero-order valence-electron chi connectivity index (χ0n) is 10.7. The molecule has 100 valence electrons. The summed E-state index contributed by atoms with van der Waals surface area (Å²) < 4.78 is 15.2. The van der Waals surface area contributed by atoms with Gasteiger partial charge in [-0.1, -0.05) is 36.9 Å². The van der Waals surface area contributed by atoms with Crippen LogP contribution in [-0.4, -0.2) is 32.2 Å². The van der Waals surface area contributed by atoms with E-state index in [4.69, 9.17) is 14.2 Å². The summed E-state index contributed by atoms with van der Waals surface area (Å²) >= 11 is 0. The van der Waals surface area contributed by atoms with Crippen molar-refractivity contribution in [1.29, 1.82) is 0 Å². The summed E-state index contributed by atoms with van der Waals surface area (Å²) in [6.07, 6.45) is -0.241. The van der Waals surface area contributed by atoms with Gasteiger partial charge in [0.2, 0.25) is 0 Å². The van der Waals surface area contributed by atoms with Gasteiger partial charge in [0.15, 0.2) is 6.79 Å². The second kappa shape index (κ2) is 8.69. The van der Waals surface area contributed by atoms with Crippen LogP contribution in [0, 0.1) is 0 Å². The molecule has 1 atom stereocenters. The number of rotatable bonds is 9. The Morgan fingerprint density at radius 2 is 2.00 bits per heavy atom. The van der Waals surface area contributed by atoms with Gasteiger partial charge < -0.3 is 19.3 Å². The monoisotopic (exact) mass is 252 g/mol. The third-order valence-corrected chi connectivity index (χ3v) is 2.38. The SMILES string of the molecule is C=C(CC(O)c1ccccc1)OCOCCOC.